The smallest absolute Gasteiger partial charge is 0.0947 e. The van der Waals surface area contributed by atoms with Gasteiger partial charge in [-0.3, -0.25) is 0 Å². The Bertz CT molecular complexity index is 431. The molecule has 18 heavy (non-hydrogen) atoms. The van der Waals surface area contributed by atoms with Crippen molar-refractivity contribution in [2.24, 2.45) is 11.8 Å². The van der Waals surface area contributed by atoms with Crippen molar-refractivity contribution < 1.29 is 5.11 Å². The summed E-state index contributed by atoms with van der Waals surface area (Å²) in [6, 6.07) is 8.64. The largest absolute Gasteiger partial charge is 0.387 e. The highest BCUT2D eigenvalue weighted by molar-refractivity contribution is 5.32. The predicted octanol–water partition coefficient (Wildman–Crippen LogP) is 2.62. The zero-order valence-corrected chi connectivity index (χ0v) is 11.3. The highest BCUT2D eigenvalue weighted by atomic mass is 16.3. The maximum absolute atomic E-state index is 10.5. The summed E-state index contributed by atoms with van der Waals surface area (Å²) in [5.74, 6) is 1.75. The molecule has 1 N–H and O–H groups in total. The first-order valence-corrected chi connectivity index (χ1v) is 7.13. The van der Waals surface area contributed by atoms with Gasteiger partial charge in [-0.2, -0.15) is 0 Å². The Morgan fingerprint density at radius 2 is 2.06 bits per heavy atom. The summed E-state index contributed by atoms with van der Waals surface area (Å²) in [5.41, 5.74) is 2.47. The van der Waals surface area contributed by atoms with Crippen LogP contribution in [-0.2, 0) is 6.42 Å². The van der Waals surface area contributed by atoms with E-state index in [1.165, 1.54) is 12.0 Å². The molecule has 4 atom stereocenters. The SMILES string of the molecule is CC1CC1CN(C)C1CCc2ccccc2C1O. The van der Waals surface area contributed by atoms with Crippen LogP contribution < -0.4 is 0 Å². The van der Waals surface area contributed by atoms with Crippen molar-refractivity contribution in [1.29, 1.82) is 0 Å². The molecular weight excluding hydrogens is 222 g/mol. The monoisotopic (exact) mass is 245 g/mol. The molecular formula is C16H23NO. The molecule has 2 nitrogen and oxygen atoms in total. The summed E-state index contributed by atoms with van der Waals surface area (Å²) in [6.07, 6.45) is 3.23. The standard InChI is InChI=1S/C16H23NO/c1-11-9-13(11)10-17(2)15-8-7-12-5-3-4-6-14(12)16(15)18/h3-6,11,13,15-16,18H,7-10H2,1-2H3. The van der Waals surface area contributed by atoms with Crippen LogP contribution in [0, 0.1) is 11.8 Å². The minimum Gasteiger partial charge on any atom is -0.387 e. The minimum atomic E-state index is -0.311. The van der Waals surface area contributed by atoms with Crippen molar-refractivity contribution in [1.82, 2.24) is 4.90 Å². The van der Waals surface area contributed by atoms with Gasteiger partial charge in [0.25, 0.3) is 0 Å². The third kappa shape index (κ3) is 2.19. The number of hydrogen-bond donors (Lipinski definition) is 1. The maximum Gasteiger partial charge on any atom is 0.0947 e. The minimum absolute atomic E-state index is 0.299. The number of rotatable bonds is 3. The van der Waals surface area contributed by atoms with Gasteiger partial charge < -0.3 is 10.0 Å². The lowest BCUT2D eigenvalue weighted by molar-refractivity contribution is 0.0472. The van der Waals surface area contributed by atoms with Crippen LogP contribution >= 0.6 is 0 Å². The van der Waals surface area contributed by atoms with Gasteiger partial charge in [0, 0.05) is 12.6 Å². The Kier molecular flexibility index (Phi) is 3.16. The van der Waals surface area contributed by atoms with Crippen LogP contribution in [0.2, 0.25) is 0 Å². The Morgan fingerprint density at radius 1 is 1.33 bits per heavy atom. The van der Waals surface area contributed by atoms with Crippen LogP contribution in [0.15, 0.2) is 24.3 Å². The van der Waals surface area contributed by atoms with Crippen LogP contribution in [0.5, 0.6) is 0 Å². The first-order chi connectivity index (χ1) is 8.66. The summed E-state index contributed by atoms with van der Waals surface area (Å²) >= 11 is 0. The lowest BCUT2D eigenvalue weighted by atomic mass is 9.85. The second-order valence-corrected chi connectivity index (χ2v) is 6.16. The number of aliphatic hydroxyl groups is 1. The fraction of sp³-hybridized carbons (Fsp3) is 0.625. The van der Waals surface area contributed by atoms with E-state index < -0.39 is 0 Å². The Hall–Kier alpha value is -0.860. The second-order valence-electron chi connectivity index (χ2n) is 6.16. The number of nitrogens with zero attached hydrogens (tertiary/aromatic N) is 1. The fourth-order valence-electron chi connectivity index (χ4n) is 3.34. The van der Waals surface area contributed by atoms with E-state index in [-0.39, 0.29) is 6.10 Å². The number of hydrogen-bond acceptors (Lipinski definition) is 2. The number of fused-ring (bicyclic) bond motifs is 1. The van der Waals surface area contributed by atoms with E-state index in [0.29, 0.717) is 6.04 Å². The Balaban J connectivity index is 1.71. The van der Waals surface area contributed by atoms with Gasteiger partial charge in [0.1, 0.15) is 0 Å². The summed E-state index contributed by atoms with van der Waals surface area (Å²) in [5, 5.41) is 10.5. The summed E-state index contributed by atoms with van der Waals surface area (Å²) < 4.78 is 0. The molecule has 1 saturated carbocycles. The summed E-state index contributed by atoms with van der Waals surface area (Å²) in [4.78, 5) is 2.38. The topological polar surface area (TPSA) is 23.5 Å². The van der Waals surface area contributed by atoms with Crippen molar-refractivity contribution in [3.05, 3.63) is 35.4 Å². The third-order valence-electron chi connectivity index (χ3n) is 4.81. The van der Waals surface area contributed by atoms with Crippen molar-refractivity contribution >= 4 is 0 Å². The van der Waals surface area contributed by atoms with Crippen LogP contribution in [0.4, 0.5) is 0 Å². The molecule has 1 fully saturated rings. The molecule has 0 aliphatic heterocycles. The van der Waals surface area contributed by atoms with Crippen molar-refractivity contribution in [3.8, 4) is 0 Å². The molecule has 0 aromatic heterocycles. The molecule has 1 aromatic rings. The van der Waals surface area contributed by atoms with Gasteiger partial charge in [0.05, 0.1) is 6.10 Å². The number of aliphatic hydroxyl groups excluding tert-OH is 1. The Labute approximate surface area is 110 Å². The summed E-state index contributed by atoms with van der Waals surface area (Å²) in [6.45, 7) is 3.47. The zero-order chi connectivity index (χ0) is 12.7. The van der Waals surface area contributed by atoms with Crippen molar-refractivity contribution in [2.75, 3.05) is 13.6 Å². The van der Waals surface area contributed by atoms with Gasteiger partial charge in [-0.25, -0.2) is 0 Å². The molecule has 0 bridgehead atoms. The van der Waals surface area contributed by atoms with Crippen LogP contribution in [0.25, 0.3) is 0 Å². The lowest BCUT2D eigenvalue weighted by Crippen LogP contribution is -2.41. The van der Waals surface area contributed by atoms with Crippen LogP contribution in [-0.4, -0.2) is 29.6 Å². The lowest BCUT2D eigenvalue weighted by Gasteiger charge is -2.36. The fourth-order valence-corrected chi connectivity index (χ4v) is 3.34. The van der Waals surface area contributed by atoms with Crippen LogP contribution in [0.1, 0.15) is 37.0 Å². The highest BCUT2D eigenvalue weighted by Gasteiger charge is 2.37. The van der Waals surface area contributed by atoms with E-state index in [1.54, 1.807) is 0 Å². The normalized spacial score (nSPS) is 34.4. The van der Waals surface area contributed by atoms with E-state index in [4.69, 9.17) is 0 Å². The molecule has 98 valence electrons. The first-order valence-electron chi connectivity index (χ1n) is 7.13. The van der Waals surface area contributed by atoms with Crippen molar-refractivity contribution in [3.63, 3.8) is 0 Å². The predicted molar refractivity (Wildman–Crippen MR) is 73.4 cm³/mol. The molecule has 0 radical (unpaired) electrons. The molecule has 0 amide bonds. The zero-order valence-electron chi connectivity index (χ0n) is 11.3. The molecule has 0 heterocycles. The number of aryl methyl sites for hydroxylation is 1. The first kappa shape index (κ1) is 12.2. The Morgan fingerprint density at radius 3 is 2.78 bits per heavy atom. The van der Waals surface area contributed by atoms with Gasteiger partial charge in [-0.15, -0.1) is 0 Å². The average molecular weight is 245 g/mol. The van der Waals surface area contributed by atoms with E-state index in [0.717, 1.165) is 36.8 Å². The van der Waals surface area contributed by atoms with E-state index in [9.17, 15) is 5.11 Å². The second kappa shape index (κ2) is 4.67. The van der Waals surface area contributed by atoms with Crippen LogP contribution in [0.3, 0.4) is 0 Å². The maximum atomic E-state index is 10.5. The highest BCUT2D eigenvalue weighted by Crippen LogP contribution is 2.40. The van der Waals surface area contributed by atoms with Gasteiger partial charge in [0.2, 0.25) is 0 Å². The summed E-state index contributed by atoms with van der Waals surface area (Å²) in [7, 11) is 2.17. The molecule has 0 saturated heterocycles. The van der Waals surface area contributed by atoms with Gasteiger partial charge >= 0.3 is 0 Å². The molecule has 1 aromatic carbocycles. The van der Waals surface area contributed by atoms with E-state index >= 15 is 0 Å². The third-order valence-corrected chi connectivity index (χ3v) is 4.81. The molecule has 2 aliphatic rings. The van der Waals surface area contributed by atoms with E-state index in [1.807, 2.05) is 6.07 Å². The number of likely N-dealkylation sites (N-methyl/N-ethyl adjacent to an activating group) is 1. The van der Waals surface area contributed by atoms with Crippen molar-refractivity contribution in [2.45, 2.75) is 38.3 Å². The quantitative estimate of drug-likeness (QED) is 0.885. The molecule has 4 unspecified atom stereocenters. The van der Waals surface area contributed by atoms with Gasteiger partial charge in [-0.05, 0) is 49.3 Å². The van der Waals surface area contributed by atoms with Gasteiger partial charge in [0.15, 0.2) is 0 Å². The van der Waals surface area contributed by atoms with E-state index in [2.05, 4.69) is 37.1 Å². The average Bonchev–Trinajstić information content (AvgIpc) is 3.05. The molecule has 3 rings (SSSR count). The van der Waals surface area contributed by atoms with Gasteiger partial charge in [-0.1, -0.05) is 31.2 Å². The molecule has 2 heteroatoms. The molecule has 0 spiro atoms. The number of benzene rings is 1. The molecule has 2 aliphatic carbocycles.